The van der Waals surface area contributed by atoms with E-state index in [1.54, 1.807) is 0 Å². The average molecular weight is 345 g/mol. The van der Waals surface area contributed by atoms with Crippen LogP contribution in [0.3, 0.4) is 0 Å². The van der Waals surface area contributed by atoms with Gasteiger partial charge in [0, 0.05) is 16.0 Å². The minimum absolute atomic E-state index is 0.0140. The molecule has 1 N–H and O–H groups in total. The summed E-state index contributed by atoms with van der Waals surface area (Å²) >= 11 is 9.70. The number of furan rings is 1. The smallest absolute Gasteiger partial charge is 0.148 e. The molecule has 0 amide bonds. The molecular weight excluding hydrogens is 326 g/mol. The topological polar surface area (TPSA) is 25.2 Å². The number of hydrogen-bond acceptors (Lipinski definition) is 2. The first-order chi connectivity index (χ1) is 8.84. The first kappa shape index (κ1) is 14.9. The van der Waals surface area contributed by atoms with Gasteiger partial charge in [0.05, 0.1) is 11.0 Å². The molecule has 2 rings (SSSR count). The van der Waals surface area contributed by atoms with E-state index in [0.29, 0.717) is 0 Å². The van der Waals surface area contributed by atoms with Crippen LogP contribution in [0.2, 0.25) is 5.02 Å². The molecule has 0 radical (unpaired) electrons. The van der Waals surface area contributed by atoms with E-state index in [-0.39, 0.29) is 5.41 Å². The van der Waals surface area contributed by atoms with E-state index in [4.69, 9.17) is 16.0 Å². The van der Waals surface area contributed by atoms with Crippen LogP contribution < -0.4 is 5.32 Å². The third kappa shape index (κ3) is 2.99. The highest BCUT2D eigenvalue weighted by Gasteiger charge is 2.26. The Bertz CT molecular complexity index is 598. The van der Waals surface area contributed by atoms with Gasteiger partial charge in [0.2, 0.25) is 0 Å². The van der Waals surface area contributed by atoms with Crippen LogP contribution in [0.1, 0.15) is 39.0 Å². The fourth-order valence-electron chi connectivity index (χ4n) is 2.36. The van der Waals surface area contributed by atoms with Crippen molar-refractivity contribution < 1.29 is 4.42 Å². The van der Waals surface area contributed by atoms with Gasteiger partial charge >= 0.3 is 0 Å². The average Bonchev–Trinajstić information content (AvgIpc) is 2.64. The van der Waals surface area contributed by atoms with Gasteiger partial charge in [-0.05, 0) is 40.0 Å². The van der Waals surface area contributed by atoms with Crippen LogP contribution in [-0.4, -0.2) is 6.54 Å². The lowest BCUT2D eigenvalue weighted by Gasteiger charge is -2.19. The molecule has 0 saturated carbocycles. The lowest BCUT2D eigenvalue weighted by Crippen LogP contribution is -2.18. The number of rotatable bonds is 3. The Morgan fingerprint density at radius 1 is 1.32 bits per heavy atom. The van der Waals surface area contributed by atoms with Crippen LogP contribution in [0.25, 0.3) is 11.0 Å². The highest BCUT2D eigenvalue weighted by atomic mass is 79.9. The summed E-state index contributed by atoms with van der Waals surface area (Å²) in [5.74, 6) is 0.993. The van der Waals surface area contributed by atoms with Crippen molar-refractivity contribution in [3.05, 3.63) is 33.0 Å². The van der Waals surface area contributed by atoms with Crippen molar-refractivity contribution in [1.29, 1.82) is 0 Å². The van der Waals surface area contributed by atoms with Gasteiger partial charge in [-0.15, -0.1) is 0 Å². The number of fused-ring (bicyclic) bond motifs is 1. The van der Waals surface area contributed by atoms with E-state index in [0.717, 1.165) is 39.3 Å². The van der Waals surface area contributed by atoms with E-state index in [1.165, 1.54) is 5.56 Å². The monoisotopic (exact) mass is 343 g/mol. The van der Waals surface area contributed by atoms with Gasteiger partial charge in [-0.3, -0.25) is 0 Å². The minimum atomic E-state index is 0.0140. The zero-order valence-electron chi connectivity index (χ0n) is 11.7. The van der Waals surface area contributed by atoms with Gasteiger partial charge < -0.3 is 9.73 Å². The van der Waals surface area contributed by atoms with Crippen molar-refractivity contribution in [1.82, 2.24) is 5.32 Å². The summed E-state index contributed by atoms with van der Waals surface area (Å²) in [6, 6.07) is 3.86. The summed E-state index contributed by atoms with van der Waals surface area (Å²) < 4.78 is 6.95. The molecule has 0 saturated heterocycles. The van der Waals surface area contributed by atoms with Gasteiger partial charge in [-0.1, -0.05) is 39.3 Å². The van der Waals surface area contributed by atoms with Crippen LogP contribution in [0.5, 0.6) is 0 Å². The zero-order valence-corrected chi connectivity index (χ0v) is 14.1. The third-order valence-electron chi connectivity index (χ3n) is 3.07. The van der Waals surface area contributed by atoms with Gasteiger partial charge in [0.25, 0.3) is 0 Å². The van der Waals surface area contributed by atoms with Crippen LogP contribution in [-0.2, 0) is 12.0 Å². The van der Waals surface area contributed by atoms with Gasteiger partial charge in [0.15, 0.2) is 0 Å². The second-order valence-corrected chi connectivity index (χ2v) is 6.99. The maximum absolute atomic E-state index is 6.17. The summed E-state index contributed by atoms with van der Waals surface area (Å²) in [6.07, 6.45) is 0. The fourth-order valence-corrected chi connectivity index (χ4v) is 3.25. The standard InChI is InChI=1S/C15H19BrClNO/c1-5-18-8-12-13(15(2,3)4)10-6-9(17)7-11(16)14(10)19-12/h6-7,18H,5,8H2,1-4H3. The summed E-state index contributed by atoms with van der Waals surface area (Å²) in [5, 5.41) is 5.15. The van der Waals surface area contributed by atoms with E-state index in [9.17, 15) is 0 Å². The molecule has 0 atom stereocenters. The summed E-state index contributed by atoms with van der Waals surface area (Å²) in [6.45, 7) is 10.3. The van der Waals surface area contributed by atoms with Crippen molar-refractivity contribution in [2.45, 2.75) is 39.7 Å². The maximum atomic E-state index is 6.17. The van der Waals surface area contributed by atoms with Gasteiger partial charge in [-0.25, -0.2) is 0 Å². The Balaban J connectivity index is 2.70. The molecule has 2 aromatic rings. The summed E-state index contributed by atoms with van der Waals surface area (Å²) in [5.41, 5.74) is 2.12. The highest BCUT2D eigenvalue weighted by Crippen LogP contribution is 2.40. The first-order valence-corrected chi connectivity index (χ1v) is 7.63. The lowest BCUT2D eigenvalue weighted by atomic mass is 9.85. The fraction of sp³-hybridized carbons (Fsp3) is 0.467. The second-order valence-electron chi connectivity index (χ2n) is 5.69. The van der Waals surface area contributed by atoms with E-state index >= 15 is 0 Å². The van der Waals surface area contributed by atoms with Crippen LogP contribution >= 0.6 is 27.5 Å². The molecule has 0 aliphatic rings. The van der Waals surface area contributed by atoms with Crippen LogP contribution in [0.4, 0.5) is 0 Å². The van der Waals surface area contributed by atoms with Crippen LogP contribution in [0, 0.1) is 0 Å². The Morgan fingerprint density at radius 2 is 2.00 bits per heavy atom. The molecule has 1 aromatic heterocycles. The Kier molecular flexibility index (Phi) is 4.29. The molecule has 0 unspecified atom stereocenters. The number of halogens is 2. The maximum Gasteiger partial charge on any atom is 0.148 e. The number of nitrogens with one attached hydrogen (secondary N) is 1. The van der Waals surface area contributed by atoms with Crippen molar-refractivity contribution in [3.8, 4) is 0 Å². The Morgan fingerprint density at radius 3 is 2.58 bits per heavy atom. The molecule has 4 heteroatoms. The van der Waals surface area contributed by atoms with Gasteiger partial charge in [0.1, 0.15) is 11.3 Å². The quantitative estimate of drug-likeness (QED) is 0.822. The van der Waals surface area contributed by atoms with Crippen molar-refractivity contribution in [2.75, 3.05) is 6.54 Å². The molecular formula is C15H19BrClNO. The van der Waals surface area contributed by atoms with E-state index in [2.05, 4.69) is 48.9 Å². The van der Waals surface area contributed by atoms with Crippen LogP contribution in [0.15, 0.2) is 21.0 Å². The summed E-state index contributed by atoms with van der Waals surface area (Å²) in [4.78, 5) is 0. The normalized spacial score (nSPS) is 12.3. The van der Waals surface area contributed by atoms with E-state index < -0.39 is 0 Å². The number of hydrogen-bond donors (Lipinski definition) is 1. The minimum Gasteiger partial charge on any atom is -0.458 e. The van der Waals surface area contributed by atoms with Crippen molar-refractivity contribution in [2.24, 2.45) is 0 Å². The molecule has 19 heavy (non-hydrogen) atoms. The first-order valence-electron chi connectivity index (χ1n) is 6.46. The number of benzene rings is 1. The molecule has 0 bridgehead atoms. The Hall–Kier alpha value is -0.510. The SMILES string of the molecule is CCNCc1oc2c(Br)cc(Cl)cc2c1C(C)(C)C. The highest BCUT2D eigenvalue weighted by molar-refractivity contribution is 9.10. The second kappa shape index (κ2) is 5.47. The molecule has 0 aliphatic carbocycles. The van der Waals surface area contributed by atoms with Crippen molar-refractivity contribution >= 4 is 38.5 Å². The third-order valence-corrected chi connectivity index (χ3v) is 3.87. The van der Waals surface area contributed by atoms with Crippen molar-refractivity contribution in [3.63, 3.8) is 0 Å². The predicted octanol–water partition coefficient (Wildman–Crippen LogP) is 5.26. The molecule has 0 spiro atoms. The molecule has 0 fully saturated rings. The summed E-state index contributed by atoms with van der Waals surface area (Å²) in [7, 11) is 0. The zero-order chi connectivity index (χ0) is 14.2. The molecule has 1 heterocycles. The molecule has 104 valence electrons. The molecule has 1 aromatic carbocycles. The lowest BCUT2D eigenvalue weighted by molar-refractivity contribution is 0.486. The Labute approximate surface area is 127 Å². The molecule has 2 nitrogen and oxygen atoms in total. The predicted molar refractivity (Wildman–Crippen MR) is 85.0 cm³/mol. The largest absolute Gasteiger partial charge is 0.458 e. The molecule has 0 aliphatic heterocycles. The van der Waals surface area contributed by atoms with E-state index in [1.807, 2.05) is 12.1 Å². The van der Waals surface area contributed by atoms with Gasteiger partial charge in [-0.2, -0.15) is 0 Å².